The monoisotopic (exact) mass is 592 g/mol. The van der Waals surface area contributed by atoms with Crippen molar-refractivity contribution in [2.24, 2.45) is 0 Å². The Kier molecular flexibility index (Phi) is 9.69. The van der Waals surface area contributed by atoms with E-state index in [1.165, 1.54) is 0 Å². The molecule has 8 heteroatoms. The summed E-state index contributed by atoms with van der Waals surface area (Å²) in [5, 5.41) is 19.6. The Balaban J connectivity index is 1.62. The second kappa shape index (κ2) is 14.0. The van der Waals surface area contributed by atoms with E-state index in [2.05, 4.69) is 35.9 Å². The third-order valence-corrected chi connectivity index (χ3v) is 7.49. The van der Waals surface area contributed by atoms with Crippen molar-refractivity contribution in [2.75, 3.05) is 25.6 Å². The van der Waals surface area contributed by atoms with E-state index in [0.717, 1.165) is 46.8 Å². The average molecular weight is 593 g/mol. The minimum absolute atomic E-state index is 0.142. The van der Waals surface area contributed by atoms with Crippen LogP contribution < -0.4 is 19.1 Å². The fourth-order valence-electron chi connectivity index (χ4n) is 5.18. The zero-order valence-electron chi connectivity index (χ0n) is 26.0. The molecule has 0 unspecified atom stereocenters. The molecular weight excluding hydrogens is 552 g/mol. The van der Waals surface area contributed by atoms with E-state index in [1.54, 1.807) is 11.7 Å². The molecule has 0 amide bonds. The van der Waals surface area contributed by atoms with Gasteiger partial charge < -0.3 is 24.2 Å². The van der Waals surface area contributed by atoms with E-state index in [1.807, 2.05) is 98.0 Å². The number of benzene rings is 4. The highest BCUT2D eigenvalue weighted by Crippen LogP contribution is 2.41. The molecule has 5 rings (SSSR count). The van der Waals surface area contributed by atoms with E-state index in [9.17, 15) is 5.11 Å². The lowest BCUT2D eigenvalue weighted by atomic mass is 9.98. The molecule has 1 aromatic heterocycles. The molecule has 4 aromatic carbocycles. The summed E-state index contributed by atoms with van der Waals surface area (Å²) in [6.45, 7) is 8.01. The standard InChI is InChI=1S/C36H40N4O4/c1-6-19-39(4)31-20-28(17-18-32(31)42-5)40-35(37-38-36(40)41)30-21-29(25(2)3)33(43-23-26-13-9-7-10-14-26)22-34(30)44-24-27-15-11-8-12-16-27/h7-18,20-22,25H,6,19,23-24H2,1-5H3,(H,38,41). The maximum absolute atomic E-state index is 11.0. The summed E-state index contributed by atoms with van der Waals surface area (Å²) in [5.74, 6) is 2.65. The Morgan fingerprint density at radius 2 is 1.43 bits per heavy atom. The van der Waals surface area contributed by atoms with Crippen LogP contribution in [0.1, 0.15) is 49.8 Å². The second-order valence-corrected chi connectivity index (χ2v) is 11.0. The number of hydrogen-bond acceptors (Lipinski definition) is 7. The molecule has 0 atom stereocenters. The molecule has 44 heavy (non-hydrogen) atoms. The fourth-order valence-corrected chi connectivity index (χ4v) is 5.18. The minimum Gasteiger partial charge on any atom is -0.495 e. The molecule has 0 aliphatic heterocycles. The van der Waals surface area contributed by atoms with E-state index >= 15 is 0 Å². The van der Waals surface area contributed by atoms with Gasteiger partial charge in [-0.3, -0.25) is 0 Å². The largest absolute Gasteiger partial charge is 0.495 e. The van der Waals surface area contributed by atoms with Crippen LogP contribution in [0.25, 0.3) is 17.1 Å². The number of aromatic nitrogens is 3. The van der Waals surface area contributed by atoms with Gasteiger partial charge in [0.05, 0.1) is 24.0 Å². The van der Waals surface area contributed by atoms with Gasteiger partial charge in [-0.2, -0.15) is 0 Å². The Labute approximate surface area is 259 Å². The Morgan fingerprint density at radius 3 is 2.02 bits per heavy atom. The van der Waals surface area contributed by atoms with Crippen molar-refractivity contribution in [1.82, 2.24) is 14.8 Å². The van der Waals surface area contributed by atoms with Gasteiger partial charge in [0.15, 0.2) is 5.82 Å². The Morgan fingerprint density at radius 1 is 0.795 bits per heavy atom. The quantitative estimate of drug-likeness (QED) is 0.150. The molecule has 0 fully saturated rings. The summed E-state index contributed by atoms with van der Waals surface area (Å²) < 4.78 is 20.1. The number of hydrogen-bond donors (Lipinski definition) is 1. The van der Waals surface area contributed by atoms with E-state index in [0.29, 0.717) is 36.0 Å². The van der Waals surface area contributed by atoms with Crippen LogP contribution in [-0.2, 0) is 13.2 Å². The van der Waals surface area contributed by atoms with E-state index in [4.69, 9.17) is 14.2 Å². The van der Waals surface area contributed by atoms with Crippen molar-refractivity contribution in [3.05, 3.63) is 108 Å². The third-order valence-electron chi connectivity index (χ3n) is 7.49. The van der Waals surface area contributed by atoms with Gasteiger partial charge >= 0.3 is 6.01 Å². The summed E-state index contributed by atoms with van der Waals surface area (Å²) in [6.07, 6.45) is 0.978. The van der Waals surface area contributed by atoms with Crippen molar-refractivity contribution < 1.29 is 19.3 Å². The van der Waals surface area contributed by atoms with Gasteiger partial charge in [-0.05, 0) is 53.3 Å². The van der Waals surface area contributed by atoms with Crippen LogP contribution in [0.3, 0.4) is 0 Å². The first kappa shape index (κ1) is 30.5. The zero-order chi connectivity index (χ0) is 31.1. The summed E-state index contributed by atoms with van der Waals surface area (Å²) in [5.41, 5.74) is 5.40. The van der Waals surface area contributed by atoms with Crippen LogP contribution in [0.2, 0.25) is 0 Å². The predicted molar refractivity (Wildman–Crippen MR) is 174 cm³/mol. The summed E-state index contributed by atoms with van der Waals surface area (Å²) >= 11 is 0. The molecule has 1 N–H and O–H groups in total. The topological polar surface area (TPSA) is 81.9 Å². The Hall–Kier alpha value is -4.98. The molecular formula is C36H40N4O4. The zero-order valence-corrected chi connectivity index (χ0v) is 26.0. The third kappa shape index (κ3) is 6.80. The molecule has 0 saturated heterocycles. The normalized spacial score (nSPS) is 11.0. The highest BCUT2D eigenvalue weighted by Gasteiger charge is 2.24. The lowest BCUT2D eigenvalue weighted by Crippen LogP contribution is -2.18. The second-order valence-electron chi connectivity index (χ2n) is 11.0. The first-order valence-electron chi connectivity index (χ1n) is 14.9. The molecule has 1 heterocycles. The maximum Gasteiger partial charge on any atom is 0.319 e. The summed E-state index contributed by atoms with van der Waals surface area (Å²) in [4.78, 5) is 2.13. The van der Waals surface area contributed by atoms with Crippen LogP contribution in [0.4, 0.5) is 5.69 Å². The molecule has 0 saturated carbocycles. The number of aromatic hydroxyl groups is 1. The van der Waals surface area contributed by atoms with Gasteiger partial charge in [-0.25, -0.2) is 4.57 Å². The fraction of sp³-hybridized carbons (Fsp3) is 0.278. The number of nitrogens with zero attached hydrogens (tertiary/aromatic N) is 4. The molecule has 0 aliphatic rings. The van der Waals surface area contributed by atoms with Gasteiger partial charge in [-0.15, -0.1) is 5.10 Å². The molecule has 0 aliphatic carbocycles. The average Bonchev–Trinajstić information content (AvgIpc) is 3.44. The highest BCUT2D eigenvalue weighted by atomic mass is 16.5. The molecule has 8 nitrogen and oxygen atoms in total. The van der Waals surface area contributed by atoms with Crippen LogP contribution in [0.15, 0.2) is 91.0 Å². The smallest absolute Gasteiger partial charge is 0.319 e. The lowest BCUT2D eigenvalue weighted by molar-refractivity contribution is 0.288. The molecule has 0 bridgehead atoms. The molecule has 5 aromatic rings. The first-order chi connectivity index (χ1) is 21.4. The van der Waals surface area contributed by atoms with Crippen molar-refractivity contribution in [1.29, 1.82) is 0 Å². The van der Waals surface area contributed by atoms with Crippen molar-refractivity contribution in [2.45, 2.75) is 46.3 Å². The number of methoxy groups -OCH3 is 1. The van der Waals surface area contributed by atoms with Gasteiger partial charge in [-0.1, -0.05) is 86.5 Å². The number of rotatable bonds is 13. The number of ether oxygens (including phenoxy) is 3. The van der Waals surface area contributed by atoms with Gasteiger partial charge in [0.1, 0.15) is 30.5 Å². The van der Waals surface area contributed by atoms with Crippen molar-refractivity contribution >= 4 is 5.69 Å². The Bertz CT molecular complexity index is 1670. The highest BCUT2D eigenvalue weighted by molar-refractivity contribution is 5.72. The molecule has 0 radical (unpaired) electrons. The summed E-state index contributed by atoms with van der Waals surface area (Å²) in [6, 6.07) is 29.6. The van der Waals surface area contributed by atoms with Crippen molar-refractivity contribution in [3.63, 3.8) is 0 Å². The van der Waals surface area contributed by atoms with E-state index in [-0.39, 0.29) is 11.9 Å². The van der Waals surface area contributed by atoms with Gasteiger partial charge in [0, 0.05) is 19.7 Å². The van der Waals surface area contributed by atoms with Crippen LogP contribution in [0.5, 0.6) is 23.3 Å². The lowest BCUT2D eigenvalue weighted by Gasteiger charge is -2.23. The van der Waals surface area contributed by atoms with E-state index < -0.39 is 0 Å². The van der Waals surface area contributed by atoms with Crippen LogP contribution in [0, 0.1) is 0 Å². The van der Waals surface area contributed by atoms with Gasteiger partial charge in [0.2, 0.25) is 0 Å². The molecule has 228 valence electrons. The van der Waals surface area contributed by atoms with Crippen molar-refractivity contribution in [3.8, 4) is 40.3 Å². The first-order valence-corrected chi connectivity index (χ1v) is 14.9. The summed E-state index contributed by atoms with van der Waals surface area (Å²) in [7, 11) is 3.68. The number of anilines is 1. The van der Waals surface area contributed by atoms with Crippen LogP contribution >= 0.6 is 0 Å². The van der Waals surface area contributed by atoms with Crippen LogP contribution in [-0.4, -0.2) is 40.6 Å². The predicted octanol–water partition coefficient (Wildman–Crippen LogP) is 7.78. The SMILES string of the molecule is CCCN(C)c1cc(-n2c(O)nnc2-c2cc(C(C)C)c(OCc3ccccc3)cc2OCc2ccccc2)ccc1OC. The maximum atomic E-state index is 11.0. The molecule has 0 spiro atoms. The minimum atomic E-state index is -0.223. The van der Waals surface area contributed by atoms with Gasteiger partial charge in [0.25, 0.3) is 0 Å².